The molecule has 34 heavy (non-hydrogen) atoms. The number of anilines is 2. The van der Waals surface area contributed by atoms with Crippen LogP contribution in [-0.4, -0.2) is 63.2 Å². The van der Waals surface area contributed by atoms with Crippen molar-refractivity contribution in [1.29, 1.82) is 0 Å². The fraction of sp³-hybridized carbons (Fsp3) is 0.333. The third-order valence-corrected chi connectivity index (χ3v) is 5.78. The van der Waals surface area contributed by atoms with Gasteiger partial charge in [-0.15, -0.1) is 6.58 Å². The SMILES string of the molecule is C=CC1N(c2cc(OC)c(OC)c(OC)c2)c2cc3c(cc2C(=O)C1(O)C(=O)OCC)OCO3. The van der Waals surface area contributed by atoms with Gasteiger partial charge in [0.15, 0.2) is 23.0 Å². The zero-order valence-electron chi connectivity index (χ0n) is 19.2. The van der Waals surface area contributed by atoms with Gasteiger partial charge in [0, 0.05) is 29.4 Å². The Kier molecular flexibility index (Phi) is 6.01. The number of methoxy groups -OCH3 is 3. The molecule has 0 fully saturated rings. The first-order chi connectivity index (χ1) is 16.3. The second kappa shape index (κ2) is 8.79. The summed E-state index contributed by atoms with van der Waals surface area (Å²) >= 11 is 0. The minimum atomic E-state index is -2.58. The molecule has 2 aliphatic heterocycles. The lowest BCUT2D eigenvalue weighted by atomic mass is 9.79. The first kappa shape index (κ1) is 23.2. The lowest BCUT2D eigenvalue weighted by Gasteiger charge is -2.44. The van der Waals surface area contributed by atoms with E-state index in [-0.39, 0.29) is 19.0 Å². The highest BCUT2D eigenvalue weighted by Crippen LogP contribution is 2.50. The Morgan fingerprint density at radius 1 is 1.15 bits per heavy atom. The lowest BCUT2D eigenvalue weighted by Crippen LogP contribution is -2.64. The molecule has 0 aromatic heterocycles. The number of carbonyl (C=O) groups excluding carboxylic acids is 2. The van der Waals surface area contributed by atoms with Crippen molar-refractivity contribution in [2.75, 3.05) is 39.6 Å². The summed E-state index contributed by atoms with van der Waals surface area (Å²) in [6.07, 6.45) is 1.31. The predicted octanol–water partition coefficient (Wildman–Crippen LogP) is 2.62. The topological polar surface area (TPSA) is 113 Å². The fourth-order valence-electron chi connectivity index (χ4n) is 4.23. The summed E-state index contributed by atoms with van der Waals surface area (Å²) < 4.78 is 32.4. The van der Waals surface area contributed by atoms with Crippen LogP contribution in [0.25, 0.3) is 0 Å². The van der Waals surface area contributed by atoms with Crippen LogP contribution < -0.4 is 28.6 Å². The van der Waals surface area contributed by atoms with Gasteiger partial charge in [0.25, 0.3) is 0 Å². The third-order valence-electron chi connectivity index (χ3n) is 5.78. The van der Waals surface area contributed by atoms with Gasteiger partial charge in [0.2, 0.25) is 23.9 Å². The van der Waals surface area contributed by atoms with Gasteiger partial charge in [-0.05, 0) is 13.0 Å². The van der Waals surface area contributed by atoms with E-state index in [1.807, 2.05) is 0 Å². The molecule has 2 heterocycles. The minimum absolute atomic E-state index is 0.0242. The average molecular weight is 471 g/mol. The molecule has 10 nitrogen and oxygen atoms in total. The Bertz CT molecular complexity index is 1140. The van der Waals surface area contributed by atoms with Gasteiger partial charge < -0.3 is 38.4 Å². The Labute approximate surface area is 196 Å². The molecule has 0 saturated heterocycles. The highest BCUT2D eigenvalue weighted by atomic mass is 16.7. The first-order valence-corrected chi connectivity index (χ1v) is 10.4. The van der Waals surface area contributed by atoms with Gasteiger partial charge in [-0.1, -0.05) is 6.08 Å². The molecule has 10 heteroatoms. The maximum absolute atomic E-state index is 13.6. The molecule has 4 rings (SSSR count). The van der Waals surface area contributed by atoms with Crippen LogP contribution in [0.4, 0.5) is 11.4 Å². The van der Waals surface area contributed by atoms with E-state index in [1.165, 1.54) is 33.5 Å². The van der Waals surface area contributed by atoms with E-state index in [2.05, 4.69) is 6.58 Å². The van der Waals surface area contributed by atoms with Crippen molar-refractivity contribution in [2.45, 2.75) is 18.6 Å². The first-order valence-electron chi connectivity index (χ1n) is 10.4. The zero-order chi connectivity index (χ0) is 24.6. The summed E-state index contributed by atoms with van der Waals surface area (Å²) in [5, 5.41) is 11.6. The van der Waals surface area contributed by atoms with Crippen molar-refractivity contribution in [3.8, 4) is 28.7 Å². The molecule has 0 spiro atoms. The second-order valence-electron chi connectivity index (χ2n) is 7.47. The molecule has 2 aromatic rings. The molecule has 2 unspecified atom stereocenters. The standard InChI is InChI=1S/C24H25NO9/c1-6-20-24(28,23(27)32-7-2)22(26)14-10-16-17(34-12-33-16)11-15(14)25(20)13-8-18(29-3)21(31-5)19(9-13)30-4/h6,8-11,20,28H,1,7,12H2,2-5H3. The summed E-state index contributed by atoms with van der Waals surface area (Å²) in [5.74, 6) is -0.187. The number of aliphatic hydroxyl groups is 1. The normalized spacial score (nSPS) is 20.4. The van der Waals surface area contributed by atoms with Crippen LogP contribution in [-0.2, 0) is 9.53 Å². The average Bonchev–Trinajstić information content (AvgIpc) is 3.31. The maximum Gasteiger partial charge on any atom is 0.349 e. The van der Waals surface area contributed by atoms with Gasteiger partial charge in [0.1, 0.15) is 0 Å². The van der Waals surface area contributed by atoms with Crippen LogP contribution >= 0.6 is 0 Å². The van der Waals surface area contributed by atoms with Crippen LogP contribution in [0, 0.1) is 0 Å². The molecule has 0 aliphatic carbocycles. The Morgan fingerprint density at radius 2 is 1.76 bits per heavy atom. The number of hydrogen-bond donors (Lipinski definition) is 1. The molecule has 0 radical (unpaired) electrons. The number of rotatable bonds is 7. The molecular weight excluding hydrogens is 446 g/mol. The largest absolute Gasteiger partial charge is 0.493 e. The fourth-order valence-corrected chi connectivity index (χ4v) is 4.23. The summed E-state index contributed by atoms with van der Waals surface area (Å²) in [4.78, 5) is 28.1. The van der Waals surface area contributed by atoms with Crippen molar-refractivity contribution < 1.29 is 43.1 Å². The maximum atomic E-state index is 13.6. The van der Waals surface area contributed by atoms with E-state index in [4.69, 9.17) is 28.4 Å². The van der Waals surface area contributed by atoms with E-state index < -0.39 is 23.4 Å². The number of Topliss-reactive ketones (excluding diaryl/α,β-unsaturated/α-hetero) is 1. The molecule has 2 aliphatic rings. The Hall–Kier alpha value is -3.92. The number of carbonyl (C=O) groups is 2. The predicted molar refractivity (Wildman–Crippen MR) is 121 cm³/mol. The van der Waals surface area contributed by atoms with Gasteiger partial charge in [-0.3, -0.25) is 4.79 Å². The van der Waals surface area contributed by atoms with Crippen molar-refractivity contribution in [3.05, 3.63) is 42.5 Å². The number of ketones is 1. The molecule has 1 N–H and O–H groups in total. The third kappa shape index (κ3) is 3.29. The highest BCUT2D eigenvalue weighted by molar-refractivity contribution is 6.21. The number of fused-ring (bicyclic) bond motifs is 2. The summed E-state index contributed by atoms with van der Waals surface area (Å²) in [6, 6.07) is 5.07. The Morgan fingerprint density at radius 3 is 2.29 bits per heavy atom. The number of hydrogen-bond acceptors (Lipinski definition) is 10. The highest BCUT2D eigenvalue weighted by Gasteiger charge is 2.58. The summed E-state index contributed by atoms with van der Waals surface area (Å²) in [7, 11) is 4.40. The molecule has 2 atom stereocenters. The smallest absolute Gasteiger partial charge is 0.349 e. The van der Waals surface area contributed by atoms with E-state index in [1.54, 1.807) is 30.0 Å². The number of esters is 1. The number of benzene rings is 2. The van der Waals surface area contributed by atoms with E-state index >= 15 is 0 Å². The quantitative estimate of drug-likeness (QED) is 0.367. The van der Waals surface area contributed by atoms with Gasteiger partial charge >= 0.3 is 5.97 Å². The number of ether oxygens (including phenoxy) is 6. The number of nitrogens with zero attached hydrogens (tertiary/aromatic N) is 1. The minimum Gasteiger partial charge on any atom is -0.493 e. The van der Waals surface area contributed by atoms with Crippen LogP contribution in [0.15, 0.2) is 36.9 Å². The van der Waals surface area contributed by atoms with E-state index in [0.29, 0.717) is 40.1 Å². The summed E-state index contributed by atoms with van der Waals surface area (Å²) in [6.45, 7) is 5.32. The monoisotopic (exact) mass is 471 g/mol. The molecule has 0 bridgehead atoms. The van der Waals surface area contributed by atoms with Crippen molar-refractivity contribution >= 4 is 23.1 Å². The van der Waals surface area contributed by atoms with Crippen molar-refractivity contribution in [1.82, 2.24) is 0 Å². The van der Waals surface area contributed by atoms with Gasteiger partial charge in [-0.25, -0.2) is 4.79 Å². The Balaban J connectivity index is 2.03. The van der Waals surface area contributed by atoms with Crippen molar-refractivity contribution in [3.63, 3.8) is 0 Å². The molecule has 180 valence electrons. The van der Waals surface area contributed by atoms with Gasteiger partial charge in [-0.2, -0.15) is 0 Å². The van der Waals surface area contributed by atoms with Gasteiger partial charge in [0.05, 0.1) is 39.7 Å². The van der Waals surface area contributed by atoms with Crippen molar-refractivity contribution in [2.24, 2.45) is 0 Å². The second-order valence-corrected chi connectivity index (χ2v) is 7.47. The van der Waals surface area contributed by atoms with E-state index in [0.717, 1.165) is 0 Å². The lowest BCUT2D eigenvalue weighted by molar-refractivity contribution is -0.160. The molecule has 0 saturated carbocycles. The van der Waals surface area contributed by atoms with Crippen LogP contribution in [0.5, 0.6) is 28.7 Å². The molecular formula is C24H25NO9. The zero-order valence-corrected chi connectivity index (χ0v) is 19.2. The molecule has 2 aromatic carbocycles. The van der Waals surface area contributed by atoms with Crippen LogP contribution in [0.1, 0.15) is 17.3 Å². The van der Waals surface area contributed by atoms with Crippen LogP contribution in [0.3, 0.4) is 0 Å². The van der Waals surface area contributed by atoms with E-state index in [9.17, 15) is 14.7 Å². The summed E-state index contributed by atoms with van der Waals surface area (Å²) in [5.41, 5.74) is -1.75. The van der Waals surface area contributed by atoms with Crippen LogP contribution in [0.2, 0.25) is 0 Å². The molecule has 0 amide bonds.